The molecule has 0 aliphatic heterocycles. The van der Waals surface area contributed by atoms with Crippen LogP contribution in [0.4, 0.5) is 4.39 Å². The molecule has 0 fully saturated rings. The summed E-state index contributed by atoms with van der Waals surface area (Å²) in [7, 11) is 0. The molecule has 0 radical (unpaired) electrons. The number of ether oxygens (including phenoxy) is 1. The minimum Gasteiger partial charge on any atom is -0.494 e. The molecular formula is C13H13FO2S. The summed E-state index contributed by atoms with van der Waals surface area (Å²) in [5, 5.41) is 0.0218. The number of halogens is 1. The zero-order valence-electron chi connectivity index (χ0n) is 9.75. The predicted octanol–water partition coefficient (Wildman–Crippen LogP) is 2.86. The quantitative estimate of drug-likeness (QED) is 0.774. The number of carbonyl (C=O) groups excluding carboxylic acids is 1. The minimum absolute atomic E-state index is 0.0218. The summed E-state index contributed by atoms with van der Waals surface area (Å²) in [5.41, 5.74) is 0.553. The molecule has 0 aliphatic rings. The van der Waals surface area contributed by atoms with Crippen LogP contribution in [0.3, 0.4) is 0 Å². The normalized spacial score (nSPS) is 9.35. The van der Waals surface area contributed by atoms with Gasteiger partial charge in [-0.2, -0.15) is 0 Å². The molecule has 0 unspecified atom stereocenters. The Morgan fingerprint density at radius 2 is 2.24 bits per heavy atom. The van der Waals surface area contributed by atoms with Gasteiger partial charge in [0.25, 0.3) is 0 Å². The van der Waals surface area contributed by atoms with E-state index in [0.29, 0.717) is 23.7 Å². The first-order chi connectivity index (χ1) is 8.11. The Bertz CT molecular complexity index is 460. The maximum Gasteiger partial charge on any atom is 0.186 e. The van der Waals surface area contributed by atoms with Gasteiger partial charge in [0.15, 0.2) is 5.12 Å². The van der Waals surface area contributed by atoms with Gasteiger partial charge >= 0.3 is 0 Å². The largest absolute Gasteiger partial charge is 0.494 e. The van der Waals surface area contributed by atoms with E-state index in [9.17, 15) is 9.18 Å². The Morgan fingerprint density at radius 1 is 1.47 bits per heavy atom. The van der Waals surface area contributed by atoms with Crippen molar-refractivity contribution in [2.75, 3.05) is 12.4 Å². The topological polar surface area (TPSA) is 26.3 Å². The summed E-state index contributed by atoms with van der Waals surface area (Å²) >= 11 is 1.13. The molecule has 0 bridgehead atoms. The number of benzene rings is 1. The van der Waals surface area contributed by atoms with Crippen LogP contribution < -0.4 is 4.74 Å². The van der Waals surface area contributed by atoms with Gasteiger partial charge in [0.05, 0.1) is 12.4 Å². The molecule has 0 aromatic heterocycles. The Kier molecular flexibility index (Phi) is 5.58. The second-order valence-corrected chi connectivity index (χ2v) is 4.34. The first-order valence-electron chi connectivity index (χ1n) is 5.17. The molecule has 0 saturated heterocycles. The fourth-order valence-electron chi connectivity index (χ4n) is 1.16. The molecule has 0 N–H and O–H groups in total. The van der Waals surface area contributed by atoms with Crippen LogP contribution >= 0.6 is 11.8 Å². The molecule has 90 valence electrons. The van der Waals surface area contributed by atoms with Crippen LogP contribution in [0.15, 0.2) is 18.2 Å². The molecule has 1 aromatic rings. The summed E-state index contributed by atoms with van der Waals surface area (Å²) in [4.78, 5) is 10.7. The predicted molar refractivity (Wildman–Crippen MR) is 67.6 cm³/mol. The van der Waals surface area contributed by atoms with Crippen LogP contribution in [0.1, 0.15) is 19.4 Å². The highest BCUT2D eigenvalue weighted by Gasteiger charge is 1.99. The maximum atomic E-state index is 13.2. The van der Waals surface area contributed by atoms with Gasteiger partial charge in [-0.3, -0.25) is 4.79 Å². The highest BCUT2D eigenvalue weighted by Crippen LogP contribution is 2.15. The van der Waals surface area contributed by atoms with Gasteiger partial charge in [0, 0.05) is 18.6 Å². The van der Waals surface area contributed by atoms with E-state index in [-0.39, 0.29) is 10.9 Å². The lowest BCUT2D eigenvalue weighted by molar-refractivity contribution is -0.109. The van der Waals surface area contributed by atoms with E-state index in [2.05, 4.69) is 11.8 Å². The Labute approximate surface area is 105 Å². The van der Waals surface area contributed by atoms with Gasteiger partial charge in [-0.05, 0) is 19.1 Å². The fourth-order valence-corrected chi connectivity index (χ4v) is 1.51. The second-order valence-electron chi connectivity index (χ2n) is 3.19. The fraction of sp³-hybridized carbons (Fsp3) is 0.308. The summed E-state index contributed by atoms with van der Waals surface area (Å²) in [6.07, 6.45) is 0. The molecule has 0 aliphatic carbocycles. The lowest BCUT2D eigenvalue weighted by Crippen LogP contribution is -1.93. The number of hydrogen-bond donors (Lipinski definition) is 0. The van der Waals surface area contributed by atoms with Crippen molar-refractivity contribution >= 4 is 16.9 Å². The van der Waals surface area contributed by atoms with Crippen molar-refractivity contribution in [1.82, 2.24) is 0 Å². The van der Waals surface area contributed by atoms with Gasteiger partial charge in [-0.15, -0.1) is 0 Å². The zero-order valence-corrected chi connectivity index (χ0v) is 10.6. The van der Waals surface area contributed by atoms with Crippen molar-refractivity contribution in [3.8, 4) is 17.6 Å². The number of thioether (sulfide) groups is 1. The van der Waals surface area contributed by atoms with Crippen molar-refractivity contribution in [1.29, 1.82) is 0 Å². The average molecular weight is 252 g/mol. The van der Waals surface area contributed by atoms with E-state index < -0.39 is 0 Å². The number of hydrogen-bond acceptors (Lipinski definition) is 3. The molecule has 2 nitrogen and oxygen atoms in total. The molecule has 0 amide bonds. The third-order valence-electron chi connectivity index (χ3n) is 1.76. The van der Waals surface area contributed by atoms with E-state index in [4.69, 9.17) is 4.74 Å². The van der Waals surface area contributed by atoms with Crippen LogP contribution in [0.2, 0.25) is 0 Å². The monoisotopic (exact) mass is 252 g/mol. The van der Waals surface area contributed by atoms with Crippen molar-refractivity contribution in [2.45, 2.75) is 13.8 Å². The Hall–Kier alpha value is -1.47. The molecule has 0 atom stereocenters. The molecule has 1 rings (SSSR count). The van der Waals surface area contributed by atoms with Gasteiger partial charge < -0.3 is 4.74 Å². The Morgan fingerprint density at radius 3 is 2.88 bits per heavy atom. The van der Waals surface area contributed by atoms with Gasteiger partial charge in [0.1, 0.15) is 11.6 Å². The van der Waals surface area contributed by atoms with E-state index in [1.807, 2.05) is 6.92 Å². The van der Waals surface area contributed by atoms with E-state index in [1.165, 1.54) is 19.1 Å². The summed E-state index contributed by atoms with van der Waals surface area (Å²) in [5.74, 6) is 6.10. The van der Waals surface area contributed by atoms with Crippen molar-refractivity contribution in [2.24, 2.45) is 0 Å². The van der Waals surface area contributed by atoms with Crippen LogP contribution in [0.25, 0.3) is 0 Å². The molecule has 17 heavy (non-hydrogen) atoms. The lowest BCUT2D eigenvalue weighted by atomic mass is 10.2. The van der Waals surface area contributed by atoms with Crippen LogP contribution in [-0.4, -0.2) is 17.5 Å². The average Bonchev–Trinajstić information content (AvgIpc) is 2.24. The first-order valence-corrected chi connectivity index (χ1v) is 6.16. The highest BCUT2D eigenvalue weighted by molar-refractivity contribution is 8.13. The molecule has 0 saturated carbocycles. The standard InChI is InChI=1S/C13H13FO2S/c1-3-16-13-8-11(7-12(14)9-13)5-4-6-17-10(2)15/h7-9H,3,6H2,1-2H3. The number of carbonyl (C=O) groups is 1. The number of rotatable bonds is 3. The highest BCUT2D eigenvalue weighted by atomic mass is 32.2. The summed E-state index contributed by atoms with van der Waals surface area (Å²) < 4.78 is 18.4. The van der Waals surface area contributed by atoms with Gasteiger partial charge in [-0.1, -0.05) is 23.6 Å². The van der Waals surface area contributed by atoms with Crippen molar-refractivity contribution < 1.29 is 13.9 Å². The first kappa shape index (κ1) is 13.6. The Balaban J connectivity index is 2.72. The van der Waals surface area contributed by atoms with Crippen LogP contribution in [-0.2, 0) is 4.79 Å². The van der Waals surface area contributed by atoms with Crippen molar-refractivity contribution in [3.05, 3.63) is 29.6 Å². The molecule has 4 heteroatoms. The van der Waals surface area contributed by atoms with Crippen LogP contribution in [0, 0.1) is 17.7 Å². The van der Waals surface area contributed by atoms with Gasteiger partial charge in [-0.25, -0.2) is 4.39 Å². The summed E-state index contributed by atoms with van der Waals surface area (Å²) in [6.45, 7) is 3.80. The SMILES string of the molecule is CCOc1cc(F)cc(C#CCSC(C)=O)c1. The smallest absolute Gasteiger partial charge is 0.186 e. The zero-order chi connectivity index (χ0) is 12.7. The maximum absolute atomic E-state index is 13.2. The van der Waals surface area contributed by atoms with E-state index in [0.717, 1.165) is 11.8 Å². The van der Waals surface area contributed by atoms with E-state index in [1.54, 1.807) is 6.07 Å². The lowest BCUT2D eigenvalue weighted by Gasteiger charge is -2.03. The summed E-state index contributed by atoms with van der Waals surface area (Å²) in [6, 6.07) is 4.34. The van der Waals surface area contributed by atoms with Crippen LogP contribution in [0.5, 0.6) is 5.75 Å². The van der Waals surface area contributed by atoms with Gasteiger partial charge in [0.2, 0.25) is 0 Å². The third-order valence-corrected chi connectivity index (χ3v) is 2.46. The van der Waals surface area contributed by atoms with Crippen molar-refractivity contribution in [3.63, 3.8) is 0 Å². The second kappa shape index (κ2) is 6.97. The third kappa shape index (κ3) is 5.41. The minimum atomic E-state index is -0.375. The van der Waals surface area contributed by atoms with E-state index >= 15 is 0 Å². The molecule has 0 spiro atoms. The molecule has 1 aromatic carbocycles. The molecular weight excluding hydrogens is 239 g/mol. The molecule has 0 heterocycles.